The summed E-state index contributed by atoms with van der Waals surface area (Å²) in [5.74, 6) is 2.53. The molecule has 6 nitrogen and oxygen atoms in total. The quantitative estimate of drug-likeness (QED) is 0.808. The van der Waals surface area contributed by atoms with Gasteiger partial charge in [-0.15, -0.1) is 11.3 Å². The second kappa shape index (κ2) is 8.08. The zero-order valence-electron chi connectivity index (χ0n) is 18.2. The lowest BCUT2D eigenvalue weighted by Crippen LogP contribution is -2.46. The van der Waals surface area contributed by atoms with E-state index in [1.807, 2.05) is 11.3 Å². The summed E-state index contributed by atoms with van der Waals surface area (Å²) in [6, 6.07) is 0.360. The lowest BCUT2D eigenvalue weighted by Gasteiger charge is -2.38. The van der Waals surface area contributed by atoms with Gasteiger partial charge in [0.15, 0.2) is 0 Å². The number of hydrogen-bond donors (Lipinski definition) is 1. The van der Waals surface area contributed by atoms with Crippen molar-refractivity contribution in [1.29, 1.82) is 0 Å². The van der Waals surface area contributed by atoms with Crippen molar-refractivity contribution in [1.82, 2.24) is 14.9 Å². The molecular weight excluding hydrogens is 394 g/mol. The van der Waals surface area contributed by atoms with E-state index in [0.717, 1.165) is 67.7 Å². The van der Waals surface area contributed by atoms with Crippen LogP contribution >= 0.6 is 11.3 Å². The fourth-order valence-corrected chi connectivity index (χ4v) is 6.63. The number of aryl methyl sites for hydroxylation is 2. The first-order valence-corrected chi connectivity index (χ1v) is 12.4. The number of likely N-dealkylation sites (tertiary alicyclic amines) is 1. The Balaban J connectivity index is 1.53. The first-order valence-electron chi connectivity index (χ1n) is 11.6. The van der Waals surface area contributed by atoms with Gasteiger partial charge in [0.1, 0.15) is 16.5 Å². The molecule has 30 heavy (non-hydrogen) atoms. The molecular formula is C23H33N5OS. The Morgan fingerprint density at radius 1 is 1.13 bits per heavy atom. The largest absolute Gasteiger partial charge is 0.369 e. The van der Waals surface area contributed by atoms with Gasteiger partial charge in [-0.1, -0.05) is 6.92 Å². The SMILES string of the molecule is CC1CCN(Cc2nc(N3C[C@@H](C(N)=O)CC[C@@H]3C)c3c4c(sc3n2)CCC4)CC1. The summed E-state index contributed by atoms with van der Waals surface area (Å²) in [5, 5.41) is 1.25. The van der Waals surface area contributed by atoms with E-state index in [-0.39, 0.29) is 11.8 Å². The van der Waals surface area contributed by atoms with Crippen LogP contribution in [-0.2, 0) is 24.2 Å². The van der Waals surface area contributed by atoms with Gasteiger partial charge in [0.05, 0.1) is 17.8 Å². The molecule has 2 aliphatic heterocycles. The molecule has 2 saturated heterocycles. The Bertz CT molecular complexity index is 949. The van der Waals surface area contributed by atoms with Crippen molar-refractivity contribution in [2.24, 2.45) is 17.6 Å². The Hall–Kier alpha value is -1.73. The highest BCUT2D eigenvalue weighted by molar-refractivity contribution is 7.19. The van der Waals surface area contributed by atoms with Gasteiger partial charge in [0, 0.05) is 17.5 Å². The molecule has 2 aromatic heterocycles. The predicted molar refractivity (Wildman–Crippen MR) is 122 cm³/mol. The van der Waals surface area contributed by atoms with E-state index in [0.29, 0.717) is 12.6 Å². The van der Waals surface area contributed by atoms with Crippen molar-refractivity contribution in [3.8, 4) is 0 Å². The molecule has 2 atom stereocenters. The number of hydrogen-bond acceptors (Lipinski definition) is 6. The highest BCUT2D eigenvalue weighted by atomic mass is 32.1. The van der Waals surface area contributed by atoms with Crippen LogP contribution < -0.4 is 10.6 Å². The smallest absolute Gasteiger partial charge is 0.222 e. The second-order valence-electron chi connectivity index (χ2n) is 9.64. The maximum atomic E-state index is 12.0. The molecule has 3 aliphatic rings. The number of carbonyl (C=O) groups excluding carboxylic acids is 1. The standard InChI is InChI=1S/C23H33N5OS/c1-14-8-10-27(11-9-14)13-19-25-22(28-12-16(21(24)29)7-6-15(28)2)20-17-4-3-5-18(17)30-23(20)26-19/h14-16H,3-13H2,1-2H3,(H2,24,29)/t15-,16-/m0/s1. The van der Waals surface area contributed by atoms with Gasteiger partial charge in [-0.05, 0) is 76.4 Å². The molecule has 1 aliphatic carbocycles. The molecule has 2 fully saturated rings. The number of aromatic nitrogens is 2. The topological polar surface area (TPSA) is 75.3 Å². The minimum Gasteiger partial charge on any atom is -0.369 e. The molecule has 2 aromatic rings. The number of piperidine rings is 2. The summed E-state index contributed by atoms with van der Waals surface area (Å²) < 4.78 is 0. The first kappa shape index (κ1) is 20.2. The second-order valence-corrected chi connectivity index (χ2v) is 10.7. The van der Waals surface area contributed by atoms with Crippen LogP contribution in [-0.4, -0.2) is 46.5 Å². The fourth-order valence-electron chi connectivity index (χ4n) is 5.35. The highest BCUT2D eigenvalue weighted by Gasteiger charge is 2.33. The number of thiophene rings is 1. The number of anilines is 1. The Labute approximate surface area is 182 Å². The average Bonchev–Trinajstić information content (AvgIpc) is 3.30. The Morgan fingerprint density at radius 2 is 1.93 bits per heavy atom. The number of rotatable bonds is 4. The number of nitrogens with zero attached hydrogens (tertiary/aromatic N) is 4. The van der Waals surface area contributed by atoms with Crippen molar-refractivity contribution in [2.45, 2.75) is 71.4 Å². The minimum absolute atomic E-state index is 0.0927. The van der Waals surface area contributed by atoms with E-state index < -0.39 is 0 Å². The molecule has 0 unspecified atom stereocenters. The molecule has 0 aromatic carbocycles. The van der Waals surface area contributed by atoms with Crippen LogP contribution in [0.3, 0.4) is 0 Å². The van der Waals surface area contributed by atoms with Crippen molar-refractivity contribution in [3.63, 3.8) is 0 Å². The van der Waals surface area contributed by atoms with Gasteiger partial charge in [-0.3, -0.25) is 9.69 Å². The third-order valence-corrected chi connectivity index (χ3v) is 8.58. The average molecular weight is 428 g/mol. The third kappa shape index (κ3) is 3.71. The zero-order valence-corrected chi connectivity index (χ0v) is 19.0. The monoisotopic (exact) mass is 427 g/mol. The molecule has 1 amide bonds. The number of primary amides is 1. The van der Waals surface area contributed by atoms with Gasteiger partial charge in [0.25, 0.3) is 0 Å². The predicted octanol–water partition coefficient (Wildman–Crippen LogP) is 3.50. The Morgan fingerprint density at radius 3 is 2.70 bits per heavy atom. The lowest BCUT2D eigenvalue weighted by molar-refractivity contribution is -0.122. The summed E-state index contributed by atoms with van der Waals surface area (Å²) in [7, 11) is 0. The van der Waals surface area contributed by atoms with Crippen molar-refractivity contribution >= 4 is 33.3 Å². The van der Waals surface area contributed by atoms with Crippen molar-refractivity contribution < 1.29 is 4.79 Å². The minimum atomic E-state index is -0.185. The van der Waals surface area contributed by atoms with E-state index in [9.17, 15) is 4.79 Å². The zero-order chi connectivity index (χ0) is 20.8. The van der Waals surface area contributed by atoms with Gasteiger partial charge in [-0.25, -0.2) is 9.97 Å². The maximum absolute atomic E-state index is 12.0. The summed E-state index contributed by atoms with van der Waals surface area (Å²) in [5.41, 5.74) is 7.15. The number of nitrogens with two attached hydrogens (primary N) is 1. The van der Waals surface area contributed by atoms with E-state index in [2.05, 4.69) is 23.6 Å². The fraction of sp³-hybridized carbons (Fsp3) is 0.696. The van der Waals surface area contributed by atoms with Crippen LogP contribution in [0.2, 0.25) is 0 Å². The third-order valence-electron chi connectivity index (χ3n) is 7.39. The molecule has 0 bridgehead atoms. The molecule has 0 spiro atoms. The number of carbonyl (C=O) groups is 1. The van der Waals surface area contributed by atoms with Gasteiger partial charge >= 0.3 is 0 Å². The van der Waals surface area contributed by atoms with Gasteiger partial charge in [0.2, 0.25) is 5.91 Å². The van der Waals surface area contributed by atoms with Crippen LogP contribution in [0.25, 0.3) is 10.2 Å². The van der Waals surface area contributed by atoms with Gasteiger partial charge in [-0.2, -0.15) is 0 Å². The summed E-state index contributed by atoms with van der Waals surface area (Å²) >= 11 is 1.86. The van der Waals surface area contributed by atoms with Crippen LogP contribution in [0.15, 0.2) is 0 Å². The first-order chi connectivity index (χ1) is 14.5. The normalized spacial score (nSPS) is 25.7. The number of fused-ring (bicyclic) bond motifs is 3. The summed E-state index contributed by atoms with van der Waals surface area (Å²) in [4.78, 5) is 29.6. The highest BCUT2D eigenvalue weighted by Crippen LogP contribution is 2.42. The number of amides is 1. The molecule has 4 heterocycles. The van der Waals surface area contributed by atoms with E-state index in [1.54, 1.807) is 0 Å². The summed E-state index contributed by atoms with van der Waals surface area (Å²) in [6.07, 6.45) is 7.87. The lowest BCUT2D eigenvalue weighted by atomic mass is 9.92. The molecule has 2 N–H and O–H groups in total. The van der Waals surface area contributed by atoms with Crippen LogP contribution in [0.1, 0.15) is 62.2 Å². The van der Waals surface area contributed by atoms with Crippen molar-refractivity contribution in [3.05, 3.63) is 16.3 Å². The molecule has 7 heteroatoms. The molecule has 0 saturated carbocycles. The van der Waals surface area contributed by atoms with Crippen LogP contribution in [0.4, 0.5) is 5.82 Å². The molecule has 0 radical (unpaired) electrons. The molecule has 5 rings (SSSR count). The van der Waals surface area contributed by atoms with Crippen molar-refractivity contribution in [2.75, 3.05) is 24.5 Å². The van der Waals surface area contributed by atoms with Gasteiger partial charge < -0.3 is 10.6 Å². The van der Waals surface area contributed by atoms with Crippen LogP contribution in [0.5, 0.6) is 0 Å². The Kier molecular flexibility index (Phi) is 5.44. The maximum Gasteiger partial charge on any atom is 0.222 e. The van der Waals surface area contributed by atoms with Crippen LogP contribution in [0, 0.1) is 11.8 Å². The molecule has 162 valence electrons. The van der Waals surface area contributed by atoms with E-state index in [1.165, 1.54) is 35.1 Å². The van der Waals surface area contributed by atoms with E-state index >= 15 is 0 Å². The summed E-state index contributed by atoms with van der Waals surface area (Å²) in [6.45, 7) is 8.35. The van der Waals surface area contributed by atoms with E-state index in [4.69, 9.17) is 15.7 Å².